The fourth-order valence-corrected chi connectivity index (χ4v) is 1.08. The highest BCUT2D eigenvalue weighted by molar-refractivity contribution is 9.10. The number of aromatic nitrogens is 1. The van der Waals surface area contributed by atoms with E-state index in [0.29, 0.717) is 15.8 Å². The number of nitrogens with zero attached hydrogens (tertiary/aromatic N) is 2. The highest BCUT2D eigenvalue weighted by atomic mass is 79.9. The van der Waals surface area contributed by atoms with E-state index in [9.17, 15) is 0 Å². The summed E-state index contributed by atoms with van der Waals surface area (Å²) in [6.07, 6.45) is 3.06. The lowest BCUT2D eigenvalue weighted by atomic mass is 10.3. The van der Waals surface area contributed by atoms with Gasteiger partial charge in [0.05, 0.1) is 17.8 Å². The van der Waals surface area contributed by atoms with Gasteiger partial charge >= 0.3 is 0 Å². The molecule has 1 heterocycles. The van der Waals surface area contributed by atoms with Crippen LogP contribution in [0.15, 0.2) is 16.9 Å². The van der Waals surface area contributed by atoms with Crippen molar-refractivity contribution in [3.63, 3.8) is 0 Å². The molecule has 1 aromatic heterocycles. The molecule has 3 nitrogen and oxygen atoms in total. The molecule has 0 fully saturated rings. The summed E-state index contributed by atoms with van der Waals surface area (Å²) in [5.74, 6) is 0.488. The highest BCUT2D eigenvalue weighted by Crippen LogP contribution is 2.23. The minimum atomic E-state index is 0.475. The summed E-state index contributed by atoms with van der Waals surface area (Å²) in [5, 5.41) is 8.64. The van der Waals surface area contributed by atoms with Gasteiger partial charge < -0.3 is 4.74 Å². The molecular formula is C7H5BrN2O. The van der Waals surface area contributed by atoms with Gasteiger partial charge in [-0.25, -0.2) is 0 Å². The van der Waals surface area contributed by atoms with Crippen LogP contribution in [0.25, 0.3) is 0 Å². The van der Waals surface area contributed by atoms with Gasteiger partial charge in [-0.3, -0.25) is 4.98 Å². The molecule has 0 unspecified atom stereocenters. The molecule has 11 heavy (non-hydrogen) atoms. The van der Waals surface area contributed by atoms with Gasteiger partial charge in [-0.05, 0) is 15.9 Å². The molecule has 0 atom stereocenters. The van der Waals surface area contributed by atoms with Gasteiger partial charge in [-0.2, -0.15) is 5.26 Å². The summed E-state index contributed by atoms with van der Waals surface area (Å²) >= 11 is 3.18. The Kier molecular flexibility index (Phi) is 2.44. The zero-order valence-corrected chi connectivity index (χ0v) is 7.42. The van der Waals surface area contributed by atoms with E-state index in [1.165, 1.54) is 13.3 Å². The third-order valence-electron chi connectivity index (χ3n) is 1.20. The maximum absolute atomic E-state index is 8.64. The monoisotopic (exact) mass is 212 g/mol. The molecular weight excluding hydrogens is 208 g/mol. The molecule has 0 spiro atoms. The van der Waals surface area contributed by atoms with E-state index in [4.69, 9.17) is 10.00 Å². The van der Waals surface area contributed by atoms with Crippen LogP contribution in [0, 0.1) is 11.3 Å². The first-order valence-corrected chi connectivity index (χ1v) is 3.66. The van der Waals surface area contributed by atoms with Gasteiger partial charge in [-0.15, -0.1) is 0 Å². The Labute approximate surface area is 72.8 Å². The Morgan fingerprint density at radius 2 is 2.36 bits per heavy atom. The van der Waals surface area contributed by atoms with Crippen LogP contribution in [0.3, 0.4) is 0 Å². The van der Waals surface area contributed by atoms with Crippen molar-refractivity contribution in [3.8, 4) is 11.8 Å². The SMILES string of the molecule is COc1cncc(Br)c1C#N. The minimum absolute atomic E-state index is 0.475. The lowest BCUT2D eigenvalue weighted by molar-refractivity contribution is 0.411. The van der Waals surface area contributed by atoms with Crippen molar-refractivity contribution in [2.75, 3.05) is 7.11 Å². The Morgan fingerprint density at radius 3 is 2.82 bits per heavy atom. The number of hydrogen-bond acceptors (Lipinski definition) is 3. The van der Waals surface area contributed by atoms with Crippen molar-refractivity contribution in [1.29, 1.82) is 5.26 Å². The molecule has 0 aliphatic heterocycles. The standard InChI is InChI=1S/C7H5BrN2O/c1-11-7-4-10-3-6(8)5(7)2-9/h3-4H,1H3. The number of ether oxygens (including phenoxy) is 1. The topological polar surface area (TPSA) is 45.9 Å². The molecule has 1 aromatic rings. The number of pyridine rings is 1. The highest BCUT2D eigenvalue weighted by Gasteiger charge is 2.05. The molecule has 0 bridgehead atoms. The number of rotatable bonds is 1. The molecule has 0 amide bonds. The normalized spacial score (nSPS) is 8.82. The molecule has 1 rings (SSSR count). The third kappa shape index (κ3) is 1.49. The first-order chi connectivity index (χ1) is 5.29. The number of methoxy groups -OCH3 is 1. The molecule has 0 saturated carbocycles. The Hall–Kier alpha value is -1.08. The zero-order valence-electron chi connectivity index (χ0n) is 5.84. The van der Waals surface area contributed by atoms with E-state index in [1.807, 2.05) is 6.07 Å². The maximum Gasteiger partial charge on any atom is 0.156 e. The molecule has 0 radical (unpaired) electrons. The van der Waals surface area contributed by atoms with Gasteiger partial charge in [0.25, 0.3) is 0 Å². The van der Waals surface area contributed by atoms with Gasteiger partial charge in [0.1, 0.15) is 11.6 Å². The predicted octanol–water partition coefficient (Wildman–Crippen LogP) is 1.72. The van der Waals surface area contributed by atoms with E-state index in [1.54, 1.807) is 6.20 Å². The van der Waals surface area contributed by atoms with Gasteiger partial charge in [0, 0.05) is 6.20 Å². The van der Waals surface area contributed by atoms with Gasteiger partial charge in [-0.1, -0.05) is 0 Å². The smallest absolute Gasteiger partial charge is 0.156 e. The van der Waals surface area contributed by atoms with Crippen LogP contribution in [-0.2, 0) is 0 Å². The minimum Gasteiger partial charge on any atom is -0.494 e. The van der Waals surface area contributed by atoms with E-state index in [-0.39, 0.29) is 0 Å². The third-order valence-corrected chi connectivity index (χ3v) is 1.80. The second-order valence-corrected chi connectivity index (χ2v) is 2.66. The summed E-state index contributed by atoms with van der Waals surface area (Å²) < 4.78 is 5.55. The second-order valence-electron chi connectivity index (χ2n) is 1.81. The lowest BCUT2D eigenvalue weighted by Gasteiger charge is -2.01. The molecule has 56 valence electrons. The van der Waals surface area contributed by atoms with Crippen molar-refractivity contribution in [1.82, 2.24) is 4.98 Å². The summed E-state index contributed by atoms with van der Waals surface area (Å²) in [6.45, 7) is 0. The molecule has 0 aliphatic rings. The van der Waals surface area contributed by atoms with E-state index >= 15 is 0 Å². The van der Waals surface area contributed by atoms with Crippen molar-refractivity contribution >= 4 is 15.9 Å². The zero-order chi connectivity index (χ0) is 8.27. The van der Waals surface area contributed by atoms with Crippen LogP contribution < -0.4 is 4.74 Å². The fourth-order valence-electron chi connectivity index (χ4n) is 0.680. The van der Waals surface area contributed by atoms with Crippen LogP contribution in [0.5, 0.6) is 5.75 Å². The second kappa shape index (κ2) is 3.35. The average molecular weight is 213 g/mol. The molecule has 0 aromatic carbocycles. The van der Waals surface area contributed by atoms with Crippen LogP contribution in [0.2, 0.25) is 0 Å². The summed E-state index contributed by atoms with van der Waals surface area (Å²) in [5.41, 5.74) is 0.475. The molecule has 0 aliphatic carbocycles. The average Bonchev–Trinajstić information content (AvgIpc) is 2.04. The van der Waals surface area contributed by atoms with E-state index in [0.717, 1.165) is 0 Å². The first-order valence-electron chi connectivity index (χ1n) is 2.87. The molecule has 0 N–H and O–H groups in total. The summed E-state index contributed by atoms with van der Waals surface area (Å²) in [6, 6.07) is 2.00. The first kappa shape index (κ1) is 8.02. The van der Waals surface area contributed by atoms with Crippen molar-refractivity contribution in [2.24, 2.45) is 0 Å². The summed E-state index contributed by atoms with van der Waals surface area (Å²) in [4.78, 5) is 3.84. The Bertz CT molecular complexity index is 306. The predicted molar refractivity (Wildman–Crippen MR) is 43.2 cm³/mol. The van der Waals surface area contributed by atoms with Crippen molar-refractivity contribution < 1.29 is 4.74 Å². The lowest BCUT2D eigenvalue weighted by Crippen LogP contribution is -1.89. The van der Waals surface area contributed by atoms with Gasteiger partial charge in [0.2, 0.25) is 0 Å². The number of nitriles is 1. The Balaban J connectivity index is 3.27. The van der Waals surface area contributed by atoms with E-state index in [2.05, 4.69) is 20.9 Å². The quantitative estimate of drug-likeness (QED) is 0.713. The van der Waals surface area contributed by atoms with Gasteiger partial charge in [0.15, 0.2) is 5.75 Å². The molecule has 0 saturated heterocycles. The van der Waals surface area contributed by atoms with Crippen LogP contribution in [-0.4, -0.2) is 12.1 Å². The van der Waals surface area contributed by atoms with Crippen LogP contribution in [0.1, 0.15) is 5.56 Å². The van der Waals surface area contributed by atoms with E-state index < -0.39 is 0 Å². The van der Waals surface area contributed by atoms with Crippen LogP contribution in [0.4, 0.5) is 0 Å². The summed E-state index contributed by atoms with van der Waals surface area (Å²) in [7, 11) is 1.50. The molecule has 4 heteroatoms. The number of halogens is 1. The van der Waals surface area contributed by atoms with Crippen LogP contribution >= 0.6 is 15.9 Å². The Morgan fingerprint density at radius 1 is 1.64 bits per heavy atom. The van der Waals surface area contributed by atoms with Crippen molar-refractivity contribution in [3.05, 3.63) is 22.4 Å². The fraction of sp³-hybridized carbons (Fsp3) is 0.143. The number of hydrogen-bond donors (Lipinski definition) is 0. The van der Waals surface area contributed by atoms with Crippen molar-refractivity contribution in [2.45, 2.75) is 0 Å². The maximum atomic E-state index is 8.64. The largest absolute Gasteiger partial charge is 0.494 e.